The van der Waals surface area contributed by atoms with Crippen LogP contribution in [-0.2, 0) is 16.1 Å². The Morgan fingerprint density at radius 3 is 2.65 bits per heavy atom. The predicted octanol–water partition coefficient (Wildman–Crippen LogP) is 2.90. The summed E-state index contributed by atoms with van der Waals surface area (Å²) in [5.74, 6) is -0.388. The second-order valence-electron chi connectivity index (χ2n) is 6.21. The van der Waals surface area contributed by atoms with E-state index in [2.05, 4.69) is 15.2 Å². The maximum absolute atomic E-state index is 12.5. The van der Waals surface area contributed by atoms with Gasteiger partial charge in [0.1, 0.15) is 0 Å². The number of methoxy groups -OCH3 is 1. The van der Waals surface area contributed by atoms with Gasteiger partial charge in [-0.3, -0.25) is 9.48 Å². The number of esters is 1. The average Bonchev–Trinajstić information content (AvgIpc) is 3.05. The molecule has 6 heteroatoms. The van der Waals surface area contributed by atoms with E-state index in [1.54, 1.807) is 12.3 Å². The lowest BCUT2D eigenvalue weighted by Gasteiger charge is -2.13. The van der Waals surface area contributed by atoms with Gasteiger partial charge in [-0.25, -0.2) is 4.79 Å². The molecule has 0 fully saturated rings. The van der Waals surface area contributed by atoms with Crippen molar-refractivity contribution in [1.82, 2.24) is 15.1 Å². The lowest BCUT2D eigenvalue weighted by Crippen LogP contribution is -2.25. The van der Waals surface area contributed by atoms with E-state index in [0.717, 1.165) is 11.3 Å². The van der Waals surface area contributed by atoms with Crippen molar-refractivity contribution in [2.45, 2.75) is 32.7 Å². The Labute approximate surface area is 153 Å². The minimum Gasteiger partial charge on any atom is -0.466 e. The van der Waals surface area contributed by atoms with Gasteiger partial charge in [0.25, 0.3) is 5.91 Å². The minimum absolute atomic E-state index is 0.153. The highest BCUT2D eigenvalue weighted by Crippen LogP contribution is 2.20. The molecule has 0 aliphatic rings. The summed E-state index contributed by atoms with van der Waals surface area (Å²) in [6.45, 7) is 5.17. The first-order valence-corrected chi connectivity index (χ1v) is 8.65. The number of carbonyl (C=O) groups excluding carboxylic acids is 2. The van der Waals surface area contributed by atoms with E-state index >= 15 is 0 Å². The van der Waals surface area contributed by atoms with E-state index in [9.17, 15) is 9.59 Å². The zero-order valence-corrected chi connectivity index (χ0v) is 15.4. The van der Waals surface area contributed by atoms with Gasteiger partial charge in [-0.2, -0.15) is 5.10 Å². The van der Waals surface area contributed by atoms with Crippen LogP contribution in [0.1, 0.15) is 47.8 Å². The van der Waals surface area contributed by atoms with Crippen LogP contribution in [0.3, 0.4) is 0 Å². The molecule has 0 atom stereocenters. The monoisotopic (exact) mass is 355 g/mol. The van der Waals surface area contributed by atoms with Crippen molar-refractivity contribution >= 4 is 11.9 Å². The highest BCUT2D eigenvalue weighted by Gasteiger charge is 2.19. The van der Waals surface area contributed by atoms with Crippen LogP contribution in [0.5, 0.6) is 0 Å². The van der Waals surface area contributed by atoms with Crippen molar-refractivity contribution in [3.05, 3.63) is 65.5 Å². The zero-order chi connectivity index (χ0) is 18.9. The van der Waals surface area contributed by atoms with Crippen LogP contribution >= 0.6 is 0 Å². The largest absolute Gasteiger partial charge is 0.466 e. The van der Waals surface area contributed by atoms with E-state index in [1.807, 2.05) is 48.9 Å². The maximum atomic E-state index is 12.5. The summed E-state index contributed by atoms with van der Waals surface area (Å²) in [6.07, 6.45) is 5.20. The van der Waals surface area contributed by atoms with Gasteiger partial charge in [0.15, 0.2) is 0 Å². The molecule has 0 aliphatic heterocycles. The highest BCUT2D eigenvalue weighted by atomic mass is 16.5. The number of benzene rings is 1. The van der Waals surface area contributed by atoms with Crippen molar-refractivity contribution in [1.29, 1.82) is 0 Å². The lowest BCUT2D eigenvalue weighted by molar-refractivity contribution is -0.134. The molecule has 2 rings (SSSR count). The number of carbonyl (C=O) groups is 2. The molecule has 6 nitrogen and oxygen atoms in total. The molecule has 0 saturated heterocycles. The van der Waals surface area contributed by atoms with Crippen LogP contribution in [0.4, 0.5) is 0 Å². The van der Waals surface area contributed by atoms with E-state index in [4.69, 9.17) is 0 Å². The number of rotatable bonds is 8. The number of nitrogens with zero attached hydrogens (tertiary/aromatic N) is 2. The standard InChI is InChI=1S/C20H25N3O3/c1-15(2)19-17(20(25)21-12-8-7-11-18(24)26-3)13-22-23(19)14-16-9-5-4-6-10-16/h4-7,9-11,13,15H,8,12,14H2,1-3H3,(H,21,25)/b11-7+. The van der Waals surface area contributed by atoms with Gasteiger partial charge in [0.05, 0.1) is 31.1 Å². The van der Waals surface area contributed by atoms with Crippen LogP contribution < -0.4 is 5.32 Å². The van der Waals surface area contributed by atoms with Crippen molar-refractivity contribution in [3.63, 3.8) is 0 Å². The second kappa shape index (κ2) is 9.56. The SMILES string of the molecule is COC(=O)/C=C/CCNC(=O)c1cnn(Cc2ccccc2)c1C(C)C. The van der Waals surface area contributed by atoms with Crippen molar-refractivity contribution in [2.24, 2.45) is 0 Å². The van der Waals surface area contributed by atoms with Gasteiger partial charge < -0.3 is 10.1 Å². The molecule has 1 N–H and O–H groups in total. The van der Waals surface area contributed by atoms with Gasteiger partial charge in [-0.05, 0) is 17.9 Å². The van der Waals surface area contributed by atoms with E-state index in [-0.39, 0.29) is 11.8 Å². The Morgan fingerprint density at radius 1 is 1.27 bits per heavy atom. The van der Waals surface area contributed by atoms with Crippen molar-refractivity contribution in [3.8, 4) is 0 Å². The summed E-state index contributed by atoms with van der Waals surface area (Å²) in [4.78, 5) is 23.5. The summed E-state index contributed by atoms with van der Waals surface area (Å²) in [5.41, 5.74) is 2.64. The van der Waals surface area contributed by atoms with Crippen LogP contribution in [0.2, 0.25) is 0 Å². The zero-order valence-electron chi connectivity index (χ0n) is 15.4. The molecule has 1 aromatic carbocycles. The Hall–Kier alpha value is -2.89. The van der Waals surface area contributed by atoms with E-state index < -0.39 is 5.97 Å². The molecule has 2 aromatic rings. The molecule has 1 aromatic heterocycles. The number of hydrogen-bond donors (Lipinski definition) is 1. The molecule has 138 valence electrons. The number of amides is 1. The van der Waals surface area contributed by atoms with Crippen molar-refractivity contribution in [2.75, 3.05) is 13.7 Å². The number of hydrogen-bond acceptors (Lipinski definition) is 4. The third kappa shape index (κ3) is 5.31. The summed E-state index contributed by atoms with van der Waals surface area (Å²) in [7, 11) is 1.33. The Kier molecular flexibility index (Phi) is 7.14. The van der Waals surface area contributed by atoms with Crippen LogP contribution in [0.25, 0.3) is 0 Å². The topological polar surface area (TPSA) is 73.2 Å². The molecule has 0 aliphatic carbocycles. The maximum Gasteiger partial charge on any atom is 0.330 e. The summed E-state index contributed by atoms with van der Waals surface area (Å²) in [5, 5.41) is 7.28. The molecule has 0 spiro atoms. The normalized spacial score (nSPS) is 11.1. The second-order valence-corrected chi connectivity index (χ2v) is 6.21. The fourth-order valence-electron chi connectivity index (χ4n) is 2.67. The molecule has 1 amide bonds. The Balaban J connectivity index is 2.03. The summed E-state index contributed by atoms with van der Waals surface area (Å²) in [6, 6.07) is 10.0. The number of nitrogens with one attached hydrogen (secondary N) is 1. The van der Waals surface area contributed by atoms with Crippen LogP contribution in [0.15, 0.2) is 48.7 Å². The Bertz CT molecular complexity index is 764. The van der Waals surface area contributed by atoms with Gasteiger partial charge in [0.2, 0.25) is 0 Å². The average molecular weight is 355 g/mol. The molecule has 0 saturated carbocycles. The molecule has 0 radical (unpaired) electrons. The first-order chi connectivity index (χ1) is 12.5. The summed E-state index contributed by atoms with van der Waals surface area (Å²) >= 11 is 0. The van der Waals surface area contributed by atoms with Crippen LogP contribution in [0, 0.1) is 0 Å². The first-order valence-electron chi connectivity index (χ1n) is 8.65. The van der Waals surface area contributed by atoms with E-state index in [1.165, 1.54) is 13.2 Å². The highest BCUT2D eigenvalue weighted by molar-refractivity contribution is 5.95. The third-order valence-electron chi connectivity index (χ3n) is 3.90. The fourth-order valence-corrected chi connectivity index (χ4v) is 2.67. The number of aromatic nitrogens is 2. The molecular weight excluding hydrogens is 330 g/mol. The lowest BCUT2D eigenvalue weighted by atomic mass is 10.0. The molecular formula is C20H25N3O3. The third-order valence-corrected chi connectivity index (χ3v) is 3.90. The predicted molar refractivity (Wildman–Crippen MR) is 100.0 cm³/mol. The fraction of sp³-hybridized carbons (Fsp3) is 0.350. The molecule has 0 unspecified atom stereocenters. The molecule has 1 heterocycles. The Morgan fingerprint density at radius 2 is 2.00 bits per heavy atom. The minimum atomic E-state index is -0.402. The van der Waals surface area contributed by atoms with Gasteiger partial charge in [-0.15, -0.1) is 0 Å². The van der Waals surface area contributed by atoms with Crippen LogP contribution in [-0.4, -0.2) is 35.3 Å². The van der Waals surface area contributed by atoms with E-state index in [0.29, 0.717) is 25.1 Å². The van der Waals surface area contributed by atoms with Gasteiger partial charge >= 0.3 is 5.97 Å². The van der Waals surface area contributed by atoms with Gasteiger partial charge in [0, 0.05) is 12.6 Å². The molecule has 26 heavy (non-hydrogen) atoms. The first kappa shape index (κ1) is 19.4. The quantitative estimate of drug-likeness (QED) is 0.449. The molecule has 0 bridgehead atoms. The van der Waals surface area contributed by atoms with Gasteiger partial charge in [-0.1, -0.05) is 50.3 Å². The smallest absolute Gasteiger partial charge is 0.330 e. The number of ether oxygens (including phenoxy) is 1. The summed E-state index contributed by atoms with van der Waals surface area (Å²) < 4.78 is 6.40. The van der Waals surface area contributed by atoms with Crippen molar-refractivity contribution < 1.29 is 14.3 Å².